The predicted octanol–water partition coefficient (Wildman–Crippen LogP) is 2.63. The Labute approximate surface area is 156 Å². The summed E-state index contributed by atoms with van der Waals surface area (Å²) in [5, 5.41) is 9.81. The molecule has 8 heteroatoms. The molecular formula is C18H23N5O2S. The Balaban J connectivity index is 1.50. The molecule has 0 atom stereocenters. The fourth-order valence-corrected chi connectivity index (χ4v) is 4.12. The molecule has 2 N–H and O–H groups in total. The maximum absolute atomic E-state index is 5.97. The van der Waals surface area contributed by atoms with Gasteiger partial charge in [0.25, 0.3) is 0 Å². The van der Waals surface area contributed by atoms with Crippen LogP contribution in [0, 0.1) is 6.92 Å². The van der Waals surface area contributed by atoms with Gasteiger partial charge in [-0.25, -0.2) is 4.98 Å². The van der Waals surface area contributed by atoms with Crippen LogP contribution in [-0.4, -0.2) is 39.5 Å². The van der Waals surface area contributed by atoms with E-state index in [4.69, 9.17) is 15.2 Å². The molecule has 0 radical (unpaired) electrons. The first-order chi connectivity index (χ1) is 12.6. The van der Waals surface area contributed by atoms with Crippen LogP contribution in [0.25, 0.3) is 10.2 Å². The lowest BCUT2D eigenvalue weighted by atomic mass is 9.80. The molecule has 26 heavy (non-hydrogen) atoms. The predicted molar refractivity (Wildman–Crippen MR) is 101 cm³/mol. The molecule has 1 aliphatic carbocycles. The van der Waals surface area contributed by atoms with Crippen molar-refractivity contribution >= 4 is 21.6 Å². The number of aryl methyl sites for hydroxylation is 1. The van der Waals surface area contributed by atoms with Gasteiger partial charge >= 0.3 is 0 Å². The zero-order valence-electron chi connectivity index (χ0n) is 15.0. The Bertz CT molecular complexity index is 900. The van der Waals surface area contributed by atoms with E-state index in [2.05, 4.69) is 19.7 Å². The number of hydrogen-bond donors (Lipinski definition) is 1. The number of ether oxygens (including phenoxy) is 2. The minimum Gasteiger partial charge on any atom is -0.486 e. The molecule has 1 saturated carbocycles. The van der Waals surface area contributed by atoms with E-state index in [1.54, 1.807) is 18.4 Å². The van der Waals surface area contributed by atoms with Gasteiger partial charge in [-0.2, -0.15) is 0 Å². The Morgan fingerprint density at radius 3 is 2.92 bits per heavy atom. The van der Waals surface area contributed by atoms with Crippen LogP contribution in [0.2, 0.25) is 0 Å². The molecule has 2 heterocycles. The number of nitrogens with two attached hydrogens (primary N) is 1. The second-order valence-corrected chi connectivity index (χ2v) is 7.93. The average Bonchev–Trinajstić information content (AvgIpc) is 3.16. The summed E-state index contributed by atoms with van der Waals surface area (Å²) in [5.41, 5.74) is 6.90. The number of nitrogens with zero attached hydrogens (tertiary/aromatic N) is 4. The number of thiazole rings is 1. The Morgan fingerprint density at radius 2 is 2.15 bits per heavy atom. The molecule has 0 aliphatic heterocycles. The Hall–Kier alpha value is -2.03. The second-order valence-electron chi connectivity index (χ2n) is 6.70. The van der Waals surface area contributed by atoms with Gasteiger partial charge in [0.15, 0.2) is 5.82 Å². The average molecular weight is 373 g/mol. The van der Waals surface area contributed by atoms with Crippen molar-refractivity contribution in [2.24, 2.45) is 5.73 Å². The van der Waals surface area contributed by atoms with E-state index in [1.807, 2.05) is 25.1 Å². The molecule has 1 aliphatic rings. The van der Waals surface area contributed by atoms with Crippen LogP contribution in [0.5, 0.6) is 5.75 Å². The molecule has 1 aromatic carbocycles. The van der Waals surface area contributed by atoms with Crippen LogP contribution in [-0.2, 0) is 17.9 Å². The van der Waals surface area contributed by atoms with Crippen molar-refractivity contribution in [3.8, 4) is 5.75 Å². The second kappa shape index (κ2) is 7.30. The highest BCUT2D eigenvalue weighted by Crippen LogP contribution is 2.35. The molecule has 0 unspecified atom stereocenters. The molecular weight excluding hydrogens is 350 g/mol. The summed E-state index contributed by atoms with van der Waals surface area (Å²) in [6, 6.07) is 6.27. The van der Waals surface area contributed by atoms with E-state index in [0.717, 1.165) is 40.8 Å². The summed E-state index contributed by atoms with van der Waals surface area (Å²) in [6.07, 6.45) is 1.93. The third-order valence-corrected chi connectivity index (χ3v) is 5.70. The Kier molecular flexibility index (Phi) is 4.88. The lowest BCUT2D eigenvalue weighted by Gasteiger charge is -2.31. The molecule has 0 bridgehead atoms. The zero-order chi connectivity index (χ0) is 18.1. The quantitative estimate of drug-likeness (QED) is 0.685. The molecule has 0 spiro atoms. The normalized spacial score (nSPS) is 19.7. The van der Waals surface area contributed by atoms with Crippen molar-refractivity contribution in [3.05, 3.63) is 34.9 Å². The van der Waals surface area contributed by atoms with Gasteiger partial charge < -0.3 is 19.8 Å². The molecule has 7 nitrogen and oxygen atoms in total. The first-order valence-corrected chi connectivity index (χ1v) is 9.62. The Morgan fingerprint density at radius 1 is 1.31 bits per heavy atom. The van der Waals surface area contributed by atoms with Crippen molar-refractivity contribution in [2.45, 2.75) is 44.9 Å². The summed E-state index contributed by atoms with van der Waals surface area (Å²) in [6.45, 7) is 3.70. The lowest BCUT2D eigenvalue weighted by Crippen LogP contribution is -2.36. The van der Waals surface area contributed by atoms with Crippen LogP contribution in [0.1, 0.15) is 35.4 Å². The van der Waals surface area contributed by atoms with Gasteiger partial charge in [-0.05, 0) is 31.9 Å². The van der Waals surface area contributed by atoms with Crippen molar-refractivity contribution in [1.29, 1.82) is 0 Å². The van der Waals surface area contributed by atoms with E-state index in [1.165, 1.54) is 4.70 Å². The highest BCUT2D eigenvalue weighted by Gasteiger charge is 2.32. The smallest absolute Gasteiger partial charge is 0.171 e. The van der Waals surface area contributed by atoms with E-state index < -0.39 is 0 Å². The molecule has 4 rings (SSSR count). The van der Waals surface area contributed by atoms with Crippen molar-refractivity contribution in [2.75, 3.05) is 13.7 Å². The summed E-state index contributed by atoms with van der Waals surface area (Å²) < 4.78 is 14.5. The van der Waals surface area contributed by atoms with Gasteiger partial charge in [-0.3, -0.25) is 0 Å². The summed E-state index contributed by atoms with van der Waals surface area (Å²) >= 11 is 1.69. The van der Waals surface area contributed by atoms with E-state index in [-0.39, 0.29) is 6.04 Å². The van der Waals surface area contributed by atoms with Gasteiger partial charge in [0.2, 0.25) is 0 Å². The van der Waals surface area contributed by atoms with Crippen molar-refractivity contribution < 1.29 is 9.47 Å². The SMILES string of the molecule is COCCn1c(COc2ccc3sc(C)nc3c2)nnc1C1CC(N)C1. The highest BCUT2D eigenvalue weighted by molar-refractivity contribution is 7.18. The minimum absolute atomic E-state index is 0.278. The van der Waals surface area contributed by atoms with Crippen LogP contribution in [0.15, 0.2) is 18.2 Å². The van der Waals surface area contributed by atoms with Gasteiger partial charge in [-0.1, -0.05) is 0 Å². The van der Waals surface area contributed by atoms with Gasteiger partial charge in [0.05, 0.1) is 21.8 Å². The number of aromatic nitrogens is 4. The topological polar surface area (TPSA) is 88.1 Å². The van der Waals surface area contributed by atoms with Crippen LogP contribution >= 0.6 is 11.3 Å². The van der Waals surface area contributed by atoms with E-state index in [9.17, 15) is 0 Å². The zero-order valence-corrected chi connectivity index (χ0v) is 15.8. The number of hydrogen-bond acceptors (Lipinski definition) is 7. The van der Waals surface area contributed by atoms with Gasteiger partial charge in [0.1, 0.15) is 18.2 Å². The van der Waals surface area contributed by atoms with E-state index >= 15 is 0 Å². The number of fused-ring (bicyclic) bond motifs is 1. The summed E-state index contributed by atoms with van der Waals surface area (Å²) in [7, 11) is 1.70. The monoisotopic (exact) mass is 373 g/mol. The molecule has 0 saturated heterocycles. The van der Waals surface area contributed by atoms with E-state index in [0.29, 0.717) is 25.7 Å². The third-order valence-electron chi connectivity index (χ3n) is 4.75. The maximum atomic E-state index is 5.97. The van der Waals surface area contributed by atoms with Crippen LogP contribution < -0.4 is 10.5 Å². The molecule has 1 fully saturated rings. The molecule has 138 valence electrons. The van der Waals surface area contributed by atoms with Gasteiger partial charge in [0, 0.05) is 31.7 Å². The summed E-state index contributed by atoms with van der Waals surface area (Å²) in [5.74, 6) is 2.98. The van der Waals surface area contributed by atoms with Crippen LogP contribution in [0.3, 0.4) is 0 Å². The minimum atomic E-state index is 0.278. The highest BCUT2D eigenvalue weighted by atomic mass is 32.1. The van der Waals surface area contributed by atoms with Crippen molar-refractivity contribution in [1.82, 2.24) is 19.7 Å². The third kappa shape index (κ3) is 3.44. The summed E-state index contributed by atoms with van der Waals surface area (Å²) in [4.78, 5) is 4.52. The first-order valence-electron chi connectivity index (χ1n) is 8.80. The fourth-order valence-electron chi connectivity index (χ4n) is 3.32. The van der Waals surface area contributed by atoms with Crippen molar-refractivity contribution in [3.63, 3.8) is 0 Å². The van der Waals surface area contributed by atoms with Gasteiger partial charge in [-0.15, -0.1) is 21.5 Å². The molecule has 3 aromatic rings. The lowest BCUT2D eigenvalue weighted by molar-refractivity contribution is 0.180. The molecule has 2 aromatic heterocycles. The standard InChI is InChI=1S/C18H23N5O2S/c1-11-20-15-9-14(3-4-16(15)26-11)25-10-17-21-22-18(12-7-13(19)8-12)23(17)5-6-24-2/h3-4,9,12-13H,5-8,10,19H2,1-2H3. The molecule has 0 amide bonds. The fraction of sp³-hybridized carbons (Fsp3) is 0.500. The number of benzene rings is 1. The maximum Gasteiger partial charge on any atom is 0.171 e. The first kappa shape index (κ1) is 17.4. The van der Waals surface area contributed by atoms with Crippen LogP contribution in [0.4, 0.5) is 0 Å². The number of methoxy groups -OCH3 is 1. The largest absolute Gasteiger partial charge is 0.486 e. The number of rotatable bonds is 7.